The molecule has 0 aliphatic carbocycles. The molecule has 0 radical (unpaired) electrons. The van der Waals surface area contributed by atoms with Crippen LogP contribution in [-0.4, -0.2) is 5.91 Å². The highest BCUT2D eigenvalue weighted by Gasteiger charge is 1.95. The third-order valence-electron chi connectivity index (χ3n) is 1.35. The lowest BCUT2D eigenvalue weighted by molar-refractivity contribution is -0.114. The van der Waals surface area contributed by atoms with Gasteiger partial charge in [-0.1, -0.05) is 0 Å². The first-order chi connectivity index (χ1) is 6.22. The summed E-state index contributed by atoms with van der Waals surface area (Å²) in [6.07, 6.45) is 0. The van der Waals surface area contributed by atoms with Gasteiger partial charge in [-0.15, -0.1) is 0 Å². The first-order valence-corrected chi connectivity index (χ1v) is 4.54. The standard InChI is InChI=1S/C8H11N3OS/c1-6(12)10-7-2-4-8(5-3-7)13-11-9/h2-5,11H,9H2,1H3,(H,10,12). The molecule has 1 aromatic carbocycles. The van der Waals surface area contributed by atoms with Gasteiger partial charge in [0.25, 0.3) is 0 Å². The largest absolute Gasteiger partial charge is 0.326 e. The highest BCUT2D eigenvalue weighted by Crippen LogP contribution is 2.16. The monoisotopic (exact) mass is 197 g/mol. The Morgan fingerprint density at radius 2 is 2.00 bits per heavy atom. The summed E-state index contributed by atoms with van der Waals surface area (Å²) in [6, 6.07) is 7.38. The van der Waals surface area contributed by atoms with Crippen molar-refractivity contribution in [2.45, 2.75) is 11.8 Å². The molecule has 0 aromatic heterocycles. The molecule has 0 heterocycles. The average Bonchev–Trinajstić information content (AvgIpc) is 2.08. The molecule has 0 aliphatic rings. The predicted molar refractivity (Wildman–Crippen MR) is 53.9 cm³/mol. The van der Waals surface area contributed by atoms with Crippen molar-refractivity contribution >= 4 is 23.5 Å². The minimum atomic E-state index is -0.0719. The fourth-order valence-electron chi connectivity index (χ4n) is 0.878. The molecule has 0 saturated carbocycles. The summed E-state index contributed by atoms with van der Waals surface area (Å²) >= 11 is 1.32. The number of nitrogens with two attached hydrogens (primary N) is 1. The van der Waals surface area contributed by atoms with E-state index >= 15 is 0 Å². The summed E-state index contributed by atoms with van der Waals surface area (Å²) < 4.78 is 0. The van der Waals surface area contributed by atoms with Gasteiger partial charge >= 0.3 is 0 Å². The van der Waals surface area contributed by atoms with Gasteiger partial charge in [0.15, 0.2) is 0 Å². The Labute approximate surface area is 81.0 Å². The topological polar surface area (TPSA) is 67.2 Å². The third-order valence-corrected chi connectivity index (χ3v) is 1.98. The van der Waals surface area contributed by atoms with E-state index in [-0.39, 0.29) is 5.91 Å². The first kappa shape index (κ1) is 10.0. The molecule has 5 heteroatoms. The van der Waals surface area contributed by atoms with E-state index in [1.54, 1.807) is 0 Å². The number of rotatable bonds is 3. The number of carbonyl (C=O) groups is 1. The molecule has 4 nitrogen and oxygen atoms in total. The second kappa shape index (κ2) is 4.86. The molecular weight excluding hydrogens is 186 g/mol. The van der Waals surface area contributed by atoms with Gasteiger partial charge in [-0.25, -0.2) is 0 Å². The molecule has 13 heavy (non-hydrogen) atoms. The SMILES string of the molecule is CC(=O)Nc1ccc(SNN)cc1. The van der Waals surface area contributed by atoms with Gasteiger partial charge in [-0.05, 0) is 36.2 Å². The molecule has 70 valence electrons. The maximum Gasteiger partial charge on any atom is 0.221 e. The van der Waals surface area contributed by atoms with E-state index < -0.39 is 0 Å². The molecule has 4 N–H and O–H groups in total. The quantitative estimate of drug-likeness (QED) is 0.386. The van der Waals surface area contributed by atoms with Gasteiger partial charge in [0.05, 0.1) is 0 Å². The normalized spacial score (nSPS) is 9.69. The molecule has 0 saturated heterocycles. The van der Waals surface area contributed by atoms with Crippen molar-refractivity contribution < 1.29 is 4.79 Å². The van der Waals surface area contributed by atoms with Gasteiger partial charge in [-0.3, -0.25) is 10.6 Å². The van der Waals surface area contributed by atoms with Gasteiger partial charge in [0, 0.05) is 17.5 Å². The number of nitrogens with one attached hydrogen (secondary N) is 2. The zero-order chi connectivity index (χ0) is 9.68. The summed E-state index contributed by atoms with van der Waals surface area (Å²) in [5, 5.41) is 2.67. The van der Waals surface area contributed by atoms with Crippen molar-refractivity contribution in [1.29, 1.82) is 0 Å². The Hall–Kier alpha value is -1.04. The lowest BCUT2D eigenvalue weighted by Crippen LogP contribution is -2.11. The smallest absolute Gasteiger partial charge is 0.221 e. The van der Waals surface area contributed by atoms with Crippen LogP contribution >= 0.6 is 11.9 Å². The maximum atomic E-state index is 10.7. The summed E-state index contributed by atoms with van der Waals surface area (Å²) in [6.45, 7) is 1.48. The minimum absolute atomic E-state index is 0.0719. The van der Waals surface area contributed by atoms with Crippen molar-refractivity contribution in [3.63, 3.8) is 0 Å². The molecule has 1 aromatic rings. The Morgan fingerprint density at radius 3 is 2.46 bits per heavy atom. The van der Waals surface area contributed by atoms with Gasteiger partial charge in [0.1, 0.15) is 0 Å². The number of hydrogen-bond acceptors (Lipinski definition) is 4. The van der Waals surface area contributed by atoms with Crippen LogP contribution in [0.4, 0.5) is 5.69 Å². The predicted octanol–water partition coefficient (Wildman–Crippen LogP) is 1.12. The number of anilines is 1. The number of benzene rings is 1. The van der Waals surface area contributed by atoms with Crippen LogP contribution in [0, 0.1) is 0 Å². The first-order valence-electron chi connectivity index (χ1n) is 3.72. The van der Waals surface area contributed by atoms with Crippen LogP contribution in [0.1, 0.15) is 6.92 Å². The Kier molecular flexibility index (Phi) is 3.75. The van der Waals surface area contributed by atoms with E-state index in [1.165, 1.54) is 18.9 Å². The van der Waals surface area contributed by atoms with Crippen molar-refractivity contribution in [3.05, 3.63) is 24.3 Å². The summed E-state index contributed by atoms with van der Waals surface area (Å²) in [4.78, 5) is 14.1. The molecule has 1 rings (SSSR count). The van der Waals surface area contributed by atoms with Crippen molar-refractivity contribution in [2.24, 2.45) is 5.84 Å². The molecule has 0 spiro atoms. The second-order valence-corrected chi connectivity index (χ2v) is 3.34. The van der Waals surface area contributed by atoms with E-state index in [4.69, 9.17) is 5.84 Å². The summed E-state index contributed by atoms with van der Waals surface area (Å²) in [7, 11) is 0. The fourth-order valence-corrected chi connectivity index (χ4v) is 1.29. The van der Waals surface area contributed by atoms with Crippen molar-refractivity contribution in [1.82, 2.24) is 4.83 Å². The van der Waals surface area contributed by atoms with E-state index in [2.05, 4.69) is 10.1 Å². The van der Waals surface area contributed by atoms with Gasteiger partial charge in [0.2, 0.25) is 5.91 Å². The highest BCUT2D eigenvalue weighted by molar-refractivity contribution is 7.97. The van der Waals surface area contributed by atoms with Crippen molar-refractivity contribution in [3.8, 4) is 0 Å². The van der Waals surface area contributed by atoms with E-state index in [0.29, 0.717) is 0 Å². The van der Waals surface area contributed by atoms with Crippen LogP contribution in [0.25, 0.3) is 0 Å². The van der Waals surface area contributed by atoms with Crippen LogP contribution in [0.15, 0.2) is 29.2 Å². The lowest BCUT2D eigenvalue weighted by Gasteiger charge is -2.02. The molecule has 0 aliphatic heterocycles. The van der Waals surface area contributed by atoms with Crippen molar-refractivity contribution in [2.75, 3.05) is 5.32 Å². The molecule has 0 atom stereocenters. The Bertz CT molecular complexity index is 286. The molecule has 0 unspecified atom stereocenters. The zero-order valence-electron chi connectivity index (χ0n) is 7.20. The maximum absolute atomic E-state index is 10.7. The van der Waals surface area contributed by atoms with E-state index in [1.807, 2.05) is 24.3 Å². The van der Waals surface area contributed by atoms with Gasteiger partial charge in [-0.2, -0.15) is 4.83 Å². The zero-order valence-corrected chi connectivity index (χ0v) is 8.02. The van der Waals surface area contributed by atoms with Crippen LogP contribution < -0.4 is 16.0 Å². The Morgan fingerprint density at radius 1 is 1.38 bits per heavy atom. The number of hydrazine groups is 1. The third kappa shape index (κ3) is 3.45. The Balaban J connectivity index is 2.64. The van der Waals surface area contributed by atoms with Gasteiger partial charge < -0.3 is 5.32 Å². The molecule has 0 bridgehead atoms. The van der Waals surface area contributed by atoms with E-state index in [0.717, 1.165) is 10.6 Å². The molecule has 0 fully saturated rings. The van der Waals surface area contributed by atoms with Crippen LogP contribution in [0.3, 0.4) is 0 Å². The second-order valence-electron chi connectivity index (χ2n) is 2.43. The molecular formula is C8H11N3OS. The average molecular weight is 197 g/mol. The van der Waals surface area contributed by atoms with Crippen LogP contribution in [0.5, 0.6) is 0 Å². The van der Waals surface area contributed by atoms with Crippen LogP contribution in [0.2, 0.25) is 0 Å². The summed E-state index contributed by atoms with van der Waals surface area (Å²) in [5.41, 5.74) is 0.786. The lowest BCUT2D eigenvalue weighted by atomic mass is 10.3. The number of hydrogen-bond donors (Lipinski definition) is 3. The van der Waals surface area contributed by atoms with E-state index in [9.17, 15) is 4.79 Å². The number of amides is 1. The molecule has 1 amide bonds. The highest BCUT2D eigenvalue weighted by atomic mass is 32.2. The van der Waals surface area contributed by atoms with Crippen LogP contribution in [-0.2, 0) is 4.79 Å². The summed E-state index contributed by atoms with van der Waals surface area (Å²) in [5.74, 6) is 5.05. The minimum Gasteiger partial charge on any atom is -0.326 e. The number of carbonyl (C=O) groups excluding carboxylic acids is 1. The fraction of sp³-hybridized carbons (Fsp3) is 0.125.